The van der Waals surface area contributed by atoms with Crippen molar-refractivity contribution in [2.24, 2.45) is 0 Å². The zero-order valence-electron chi connectivity index (χ0n) is 22.1. The Morgan fingerprint density at radius 2 is 1.41 bits per heavy atom. The van der Waals surface area contributed by atoms with Crippen molar-refractivity contribution in [2.45, 2.75) is 19.6 Å². The molecule has 0 radical (unpaired) electrons. The molecule has 1 aliphatic rings. The van der Waals surface area contributed by atoms with Crippen LogP contribution in [0.15, 0.2) is 108 Å². The number of furan rings is 1. The second-order valence-corrected chi connectivity index (χ2v) is 9.93. The number of hydrogen-bond donors (Lipinski definition) is 0. The van der Waals surface area contributed by atoms with Crippen LogP contribution >= 0.6 is 0 Å². The van der Waals surface area contributed by atoms with E-state index in [0.29, 0.717) is 38.5 Å². The minimum absolute atomic E-state index is 0.0612. The molecule has 5 rings (SSSR count). The van der Waals surface area contributed by atoms with Gasteiger partial charge in [0.25, 0.3) is 5.91 Å². The van der Waals surface area contributed by atoms with Gasteiger partial charge in [-0.1, -0.05) is 84.9 Å². The van der Waals surface area contributed by atoms with Crippen molar-refractivity contribution in [3.63, 3.8) is 0 Å². The van der Waals surface area contributed by atoms with Crippen molar-refractivity contribution in [2.75, 3.05) is 32.7 Å². The Labute approximate surface area is 229 Å². The van der Waals surface area contributed by atoms with Crippen LogP contribution in [0.2, 0.25) is 0 Å². The van der Waals surface area contributed by atoms with Crippen molar-refractivity contribution in [1.29, 1.82) is 0 Å². The van der Waals surface area contributed by atoms with Crippen molar-refractivity contribution in [3.8, 4) is 0 Å². The summed E-state index contributed by atoms with van der Waals surface area (Å²) >= 11 is 0. The molecule has 6 heteroatoms. The summed E-state index contributed by atoms with van der Waals surface area (Å²) in [4.78, 5) is 19.6. The third kappa shape index (κ3) is 7.76. The third-order valence-electron chi connectivity index (χ3n) is 6.95. The Balaban J connectivity index is 1.16. The summed E-state index contributed by atoms with van der Waals surface area (Å²) in [5.41, 5.74) is 3.39. The fraction of sp³-hybridized carbons (Fsp3) is 0.242. The number of carbonyl (C=O) groups excluding carboxylic acids is 1. The van der Waals surface area contributed by atoms with Gasteiger partial charge in [-0.15, -0.1) is 0 Å². The van der Waals surface area contributed by atoms with Gasteiger partial charge in [-0.05, 0) is 41.0 Å². The number of benzene rings is 3. The van der Waals surface area contributed by atoms with Crippen LogP contribution in [0.1, 0.15) is 33.0 Å². The van der Waals surface area contributed by atoms with E-state index in [1.165, 1.54) is 23.3 Å². The summed E-state index contributed by atoms with van der Waals surface area (Å²) < 4.78 is 19.5. The Kier molecular flexibility index (Phi) is 8.99. The number of nitrogens with zero attached hydrogens (tertiary/aromatic N) is 3. The molecule has 0 unspecified atom stereocenters. The highest BCUT2D eigenvalue weighted by Crippen LogP contribution is 2.18. The average molecular weight is 524 g/mol. The molecule has 1 fully saturated rings. The molecule has 0 bridgehead atoms. The van der Waals surface area contributed by atoms with E-state index in [2.05, 4.69) is 46.2 Å². The number of carbonyl (C=O) groups is 1. The maximum absolute atomic E-state index is 13.4. The molecule has 39 heavy (non-hydrogen) atoms. The molecule has 2 heterocycles. The van der Waals surface area contributed by atoms with Gasteiger partial charge in [-0.2, -0.15) is 0 Å². The molecule has 1 aromatic heterocycles. The molecule has 1 amide bonds. The normalized spacial score (nSPS) is 14.4. The van der Waals surface area contributed by atoms with Gasteiger partial charge in [0.1, 0.15) is 11.6 Å². The van der Waals surface area contributed by atoms with E-state index in [4.69, 9.17) is 4.42 Å². The highest BCUT2D eigenvalue weighted by molar-refractivity contribution is 5.91. The highest BCUT2D eigenvalue weighted by Gasteiger charge is 2.24. The zero-order valence-corrected chi connectivity index (χ0v) is 22.1. The summed E-state index contributed by atoms with van der Waals surface area (Å²) in [6, 6.07) is 30.8. The van der Waals surface area contributed by atoms with E-state index >= 15 is 0 Å². The Morgan fingerprint density at radius 1 is 0.769 bits per heavy atom. The summed E-state index contributed by atoms with van der Waals surface area (Å²) in [7, 11) is 0. The van der Waals surface area contributed by atoms with Gasteiger partial charge in [0.05, 0.1) is 6.54 Å². The first-order valence-electron chi connectivity index (χ1n) is 13.4. The van der Waals surface area contributed by atoms with Crippen LogP contribution in [0, 0.1) is 5.82 Å². The second-order valence-electron chi connectivity index (χ2n) is 9.93. The number of hydrogen-bond acceptors (Lipinski definition) is 4. The van der Waals surface area contributed by atoms with Gasteiger partial charge < -0.3 is 9.32 Å². The summed E-state index contributed by atoms with van der Waals surface area (Å²) in [5.74, 6) is 0.811. The monoisotopic (exact) mass is 523 g/mol. The first-order valence-corrected chi connectivity index (χ1v) is 13.4. The average Bonchev–Trinajstić information content (AvgIpc) is 3.44. The second kappa shape index (κ2) is 13.2. The molecule has 200 valence electrons. The summed E-state index contributed by atoms with van der Waals surface area (Å²) in [6.07, 6.45) is 4.32. The molecule has 4 aromatic rings. The van der Waals surface area contributed by atoms with Crippen LogP contribution in [0.25, 0.3) is 6.08 Å². The molecule has 0 atom stereocenters. The van der Waals surface area contributed by atoms with E-state index in [9.17, 15) is 9.18 Å². The molecular weight excluding hydrogens is 489 g/mol. The smallest absolute Gasteiger partial charge is 0.289 e. The van der Waals surface area contributed by atoms with E-state index in [-0.39, 0.29) is 11.7 Å². The van der Waals surface area contributed by atoms with Crippen LogP contribution < -0.4 is 0 Å². The topological polar surface area (TPSA) is 39.9 Å². The van der Waals surface area contributed by atoms with E-state index in [1.807, 2.05) is 59.5 Å². The van der Waals surface area contributed by atoms with Crippen LogP contribution in [-0.4, -0.2) is 53.3 Å². The molecule has 0 N–H and O–H groups in total. The van der Waals surface area contributed by atoms with Gasteiger partial charge >= 0.3 is 0 Å². The fourth-order valence-corrected chi connectivity index (χ4v) is 4.85. The van der Waals surface area contributed by atoms with Crippen molar-refractivity contribution in [1.82, 2.24) is 14.7 Å². The predicted octanol–water partition coefficient (Wildman–Crippen LogP) is 6.09. The first kappa shape index (κ1) is 26.6. The van der Waals surface area contributed by atoms with Gasteiger partial charge in [0.15, 0.2) is 5.76 Å². The van der Waals surface area contributed by atoms with E-state index < -0.39 is 0 Å². The molecule has 3 aromatic carbocycles. The van der Waals surface area contributed by atoms with Gasteiger partial charge in [0.2, 0.25) is 0 Å². The number of halogens is 1. The summed E-state index contributed by atoms with van der Waals surface area (Å²) in [6.45, 7) is 5.79. The molecule has 0 spiro atoms. The molecular formula is C33H34FN3O2. The number of piperazine rings is 1. The minimum atomic E-state index is -0.243. The lowest BCUT2D eigenvalue weighted by Crippen LogP contribution is -2.48. The van der Waals surface area contributed by atoms with E-state index in [1.54, 1.807) is 6.07 Å². The first-order chi connectivity index (χ1) is 19.1. The van der Waals surface area contributed by atoms with Gasteiger partial charge in [-0.3, -0.25) is 14.6 Å². The van der Waals surface area contributed by atoms with Crippen molar-refractivity contribution < 1.29 is 13.6 Å². The fourth-order valence-electron chi connectivity index (χ4n) is 4.85. The lowest BCUT2D eigenvalue weighted by Gasteiger charge is -2.33. The summed E-state index contributed by atoms with van der Waals surface area (Å²) in [5, 5.41) is 0. The minimum Gasteiger partial charge on any atom is -0.455 e. The number of amides is 1. The van der Waals surface area contributed by atoms with Crippen LogP contribution in [-0.2, 0) is 19.6 Å². The van der Waals surface area contributed by atoms with Crippen LogP contribution in [0.3, 0.4) is 0 Å². The SMILES string of the molecule is O=C(c1ccc(CN(Cc2ccccc2)Cc2ccc(F)cc2)o1)N1CCN(C/C=C/c2ccccc2)CC1. The van der Waals surface area contributed by atoms with Crippen molar-refractivity contribution in [3.05, 3.63) is 137 Å². The lowest BCUT2D eigenvalue weighted by atomic mass is 10.1. The van der Waals surface area contributed by atoms with Gasteiger partial charge in [0, 0.05) is 45.8 Å². The Hall–Kier alpha value is -4.00. The zero-order chi connectivity index (χ0) is 26.9. The Morgan fingerprint density at radius 3 is 2.10 bits per heavy atom. The Bertz CT molecular complexity index is 1340. The van der Waals surface area contributed by atoms with Crippen molar-refractivity contribution >= 4 is 12.0 Å². The molecule has 5 nitrogen and oxygen atoms in total. The molecule has 0 aliphatic carbocycles. The molecule has 1 saturated heterocycles. The largest absolute Gasteiger partial charge is 0.455 e. The third-order valence-corrected chi connectivity index (χ3v) is 6.95. The maximum atomic E-state index is 13.4. The highest BCUT2D eigenvalue weighted by atomic mass is 19.1. The molecule has 1 aliphatic heterocycles. The number of rotatable bonds is 10. The maximum Gasteiger partial charge on any atom is 0.289 e. The predicted molar refractivity (Wildman–Crippen MR) is 152 cm³/mol. The van der Waals surface area contributed by atoms with Crippen LogP contribution in [0.4, 0.5) is 4.39 Å². The molecule has 0 saturated carbocycles. The quantitative estimate of drug-likeness (QED) is 0.252. The van der Waals surface area contributed by atoms with E-state index in [0.717, 1.165) is 31.0 Å². The lowest BCUT2D eigenvalue weighted by molar-refractivity contribution is 0.0615. The van der Waals surface area contributed by atoms with Crippen LogP contribution in [0.5, 0.6) is 0 Å². The van der Waals surface area contributed by atoms with Gasteiger partial charge in [-0.25, -0.2) is 4.39 Å². The standard InChI is InChI=1S/C33H34FN3O2/c34-30-15-13-29(14-16-30)25-36(24-28-10-5-2-6-11-28)26-31-17-18-32(39-31)33(38)37-22-20-35(21-23-37)19-7-12-27-8-3-1-4-9-27/h1-18H,19-26H2/b12-7+.